The Labute approximate surface area is 68.8 Å². The van der Waals surface area contributed by atoms with Crippen molar-refractivity contribution in [3.8, 4) is 0 Å². The molecule has 0 aliphatic rings. The zero-order valence-electron chi connectivity index (χ0n) is 6.34. The van der Waals surface area contributed by atoms with Gasteiger partial charge in [0.25, 0.3) is 0 Å². The number of nitrogens with zero attached hydrogens (tertiary/aromatic N) is 3. The van der Waals surface area contributed by atoms with E-state index in [4.69, 9.17) is 10.2 Å². The molecule has 12 heavy (non-hydrogen) atoms. The van der Waals surface area contributed by atoms with Gasteiger partial charge in [0.1, 0.15) is 12.0 Å². The Balaban J connectivity index is 2.14. The fourth-order valence-electron chi connectivity index (χ4n) is 0.948. The molecular weight excluding hydrogens is 156 g/mol. The molecule has 0 bridgehead atoms. The van der Waals surface area contributed by atoms with Crippen LogP contribution < -0.4 is 5.73 Å². The average molecular weight is 164 g/mol. The van der Waals surface area contributed by atoms with Crippen LogP contribution in [0.2, 0.25) is 0 Å². The quantitative estimate of drug-likeness (QED) is 0.701. The van der Waals surface area contributed by atoms with Crippen molar-refractivity contribution in [1.29, 1.82) is 0 Å². The van der Waals surface area contributed by atoms with E-state index in [0.717, 1.165) is 5.69 Å². The summed E-state index contributed by atoms with van der Waals surface area (Å²) in [6, 6.07) is 0. The second-order valence-corrected chi connectivity index (χ2v) is 2.45. The van der Waals surface area contributed by atoms with E-state index in [1.165, 1.54) is 6.39 Å². The highest BCUT2D eigenvalue weighted by Crippen LogP contribution is 2.01. The van der Waals surface area contributed by atoms with Crippen molar-refractivity contribution < 1.29 is 4.42 Å². The number of rotatable bonds is 2. The molecule has 2 aromatic rings. The first-order chi connectivity index (χ1) is 5.84. The lowest BCUT2D eigenvalue weighted by Crippen LogP contribution is -1.99. The van der Waals surface area contributed by atoms with Crippen LogP contribution in [-0.4, -0.2) is 14.8 Å². The van der Waals surface area contributed by atoms with Crippen molar-refractivity contribution in [1.82, 2.24) is 14.8 Å². The van der Waals surface area contributed by atoms with E-state index in [9.17, 15) is 0 Å². The smallest absolute Gasteiger partial charge is 0.180 e. The SMILES string of the molecule is Nc1cnn(Cc2cocn2)c1. The molecule has 0 spiro atoms. The van der Waals surface area contributed by atoms with Gasteiger partial charge in [-0.1, -0.05) is 0 Å². The predicted octanol–water partition coefficient (Wildman–Crippen LogP) is 0.502. The zero-order valence-corrected chi connectivity index (χ0v) is 6.34. The monoisotopic (exact) mass is 164 g/mol. The number of hydrogen-bond donors (Lipinski definition) is 1. The van der Waals surface area contributed by atoms with Crippen LogP contribution in [0.1, 0.15) is 5.69 Å². The Morgan fingerprint density at radius 3 is 3.08 bits per heavy atom. The molecule has 0 amide bonds. The summed E-state index contributed by atoms with van der Waals surface area (Å²) < 4.78 is 6.51. The van der Waals surface area contributed by atoms with Gasteiger partial charge in [-0.25, -0.2) is 4.98 Å². The van der Waals surface area contributed by atoms with E-state index >= 15 is 0 Å². The maximum Gasteiger partial charge on any atom is 0.180 e. The summed E-state index contributed by atoms with van der Waals surface area (Å²) in [7, 11) is 0. The molecule has 0 aliphatic heterocycles. The lowest BCUT2D eigenvalue weighted by Gasteiger charge is -1.94. The van der Waals surface area contributed by atoms with Crippen LogP contribution in [0.4, 0.5) is 5.69 Å². The van der Waals surface area contributed by atoms with Crippen molar-refractivity contribution >= 4 is 5.69 Å². The Bertz CT molecular complexity index is 351. The van der Waals surface area contributed by atoms with Crippen molar-refractivity contribution in [3.63, 3.8) is 0 Å². The Hall–Kier alpha value is -1.78. The second-order valence-electron chi connectivity index (χ2n) is 2.45. The molecule has 0 aromatic carbocycles. The van der Waals surface area contributed by atoms with E-state index in [1.54, 1.807) is 23.3 Å². The average Bonchev–Trinajstić information content (AvgIpc) is 2.63. The summed E-state index contributed by atoms with van der Waals surface area (Å²) in [5, 5.41) is 4.00. The standard InChI is InChI=1S/C7H8N4O/c8-6-1-10-11(2-6)3-7-4-12-5-9-7/h1-2,4-5H,3,8H2. The fourth-order valence-corrected chi connectivity index (χ4v) is 0.948. The third-order valence-electron chi connectivity index (χ3n) is 1.46. The first-order valence-corrected chi connectivity index (χ1v) is 3.49. The molecule has 5 heteroatoms. The first kappa shape index (κ1) is 6.90. The van der Waals surface area contributed by atoms with Crippen LogP contribution in [0.5, 0.6) is 0 Å². The van der Waals surface area contributed by atoms with Crippen molar-refractivity contribution in [3.05, 3.63) is 30.7 Å². The van der Waals surface area contributed by atoms with Gasteiger partial charge in [0.2, 0.25) is 0 Å². The number of nitrogens with two attached hydrogens (primary N) is 1. The van der Waals surface area contributed by atoms with Gasteiger partial charge in [-0.15, -0.1) is 0 Å². The van der Waals surface area contributed by atoms with Gasteiger partial charge in [0, 0.05) is 6.20 Å². The molecule has 0 unspecified atom stereocenters. The number of nitrogen functional groups attached to an aromatic ring is 1. The minimum absolute atomic E-state index is 0.591. The summed E-state index contributed by atoms with van der Waals surface area (Å²) >= 11 is 0. The van der Waals surface area contributed by atoms with Gasteiger partial charge in [-0.3, -0.25) is 4.68 Å². The van der Waals surface area contributed by atoms with E-state index in [-0.39, 0.29) is 0 Å². The van der Waals surface area contributed by atoms with Crippen molar-refractivity contribution in [2.45, 2.75) is 6.54 Å². The van der Waals surface area contributed by atoms with Gasteiger partial charge in [0.05, 0.1) is 18.4 Å². The lowest BCUT2D eigenvalue weighted by atomic mass is 10.5. The molecule has 2 heterocycles. The molecule has 0 atom stereocenters. The van der Waals surface area contributed by atoms with Crippen LogP contribution in [0.15, 0.2) is 29.5 Å². The molecule has 2 aromatic heterocycles. The van der Waals surface area contributed by atoms with E-state index in [2.05, 4.69) is 10.1 Å². The number of hydrogen-bond acceptors (Lipinski definition) is 4. The van der Waals surface area contributed by atoms with Crippen LogP contribution in [0.3, 0.4) is 0 Å². The largest absolute Gasteiger partial charge is 0.451 e. The molecule has 2 rings (SSSR count). The van der Waals surface area contributed by atoms with Gasteiger partial charge in [-0.05, 0) is 0 Å². The minimum Gasteiger partial charge on any atom is -0.451 e. The lowest BCUT2D eigenvalue weighted by molar-refractivity contribution is 0.554. The number of aromatic nitrogens is 3. The predicted molar refractivity (Wildman–Crippen MR) is 42.2 cm³/mol. The summed E-state index contributed by atoms with van der Waals surface area (Å²) in [5.41, 5.74) is 6.96. The molecule has 62 valence electrons. The Morgan fingerprint density at radius 1 is 1.58 bits per heavy atom. The molecule has 0 aliphatic carbocycles. The number of oxazole rings is 1. The molecule has 0 saturated carbocycles. The minimum atomic E-state index is 0.591. The Morgan fingerprint density at radius 2 is 2.50 bits per heavy atom. The molecule has 0 fully saturated rings. The van der Waals surface area contributed by atoms with Gasteiger partial charge in [-0.2, -0.15) is 5.10 Å². The molecular formula is C7H8N4O. The summed E-state index contributed by atoms with van der Waals surface area (Å²) in [4.78, 5) is 3.95. The maximum absolute atomic E-state index is 5.48. The summed E-state index contributed by atoms with van der Waals surface area (Å²) in [5.74, 6) is 0. The highest BCUT2D eigenvalue weighted by molar-refractivity contribution is 5.30. The van der Waals surface area contributed by atoms with Crippen molar-refractivity contribution in [2.75, 3.05) is 5.73 Å². The topological polar surface area (TPSA) is 69.9 Å². The second kappa shape index (κ2) is 2.69. The summed E-state index contributed by atoms with van der Waals surface area (Å²) in [6.07, 6.45) is 6.31. The first-order valence-electron chi connectivity index (χ1n) is 3.49. The zero-order chi connectivity index (χ0) is 8.39. The number of anilines is 1. The van der Waals surface area contributed by atoms with Crippen LogP contribution in [-0.2, 0) is 6.54 Å². The van der Waals surface area contributed by atoms with Crippen molar-refractivity contribution in [2.24, 2.45) is 0 Å². The fraction of sp³-hybridized carbons (Fsp3) is 0.143. The highest BCUT2D eigenvalue weighted by atomic mass is 16.3. The van der Waals surface area contributed by atoms with Gasteiger partial charge < -0.3 is 10.2 Å². The van der Waals surface area contributed by atoms with Gasteiger partial charge >= 0.3 is 0 Å². The third-order valence-corrected chi connectivity index (χ3v) is 1.46. The molecule has 5 nitrogen and oxygen atoms in total. The van der Waals surface area contributed by atoms with E-state index in [1.807, 2.05) is 0 Å². The van der Waals surface area contributed by atoms with Gasteiger partial charge in [0.15, 0.2) is 6.39 Å². The van der Waals surface area contributed by atoms with E-state index in [0.29, 0.717) is 12.2 Å². The van der Waals surface area contributed by atoms with E-state index < -0.39 is 0 Å². The van der Waals surface area contributed by atoms with Crippen LogP contribution in [0.25, 0.3) is 0 Å². The molecule has 0 radical (unpaired) electrons. The molecule has 0 saturated heterocycles. The maximum atomic E-state index is 5.48. The highest BCUT2D eigenvalue weighted by Gasteiger charge is 1.98. The van der Waals surface area contributed by atoms with Crippen LogP contribution in [0, 0.1) is 0 Å². The normalized spacial score (nSPS) is 10.3. The van der Waals surface area contributed by atoms with Crippen LogP contribution >= 0.6 is 0 Å². The molecule has 2 N–H and O–H groups in total. The Kier molecular flexibility index (Phi) is 1.55. The summed E-state index contributed by atoms with van der Waals surface area (Å²) in [6.45, 7) is 0.591. The third kappa shape index (κ3) is 1.29.